The molecular formula is C29H30ClF3N4O6. The second-order valence-corrected chi connectivity index (χ2v) is 10.5. The number of carbonyl (C=O) groups excluding carboxylic acids is 2. The van der Waals surface area contributed by atoms with Gasteiger partial charge < -0.3 is 23.8 Å². The number of halogens is 4. The number of imidazole rings is 1. The molecule has 0 saturated carbocycles. The first kappa shape index (κ1) is 30.6. The summed E-state index contributed by atoms with van der Waals surface area (Å²) in [6, 6.07) is 11.7. The Morgan fingerprint density at radius 3 is 2.58 bits per heavy atom. The first-order chi connectivity index (χ1) is 20.6. The molecule has 2 aromatic carbocycles. The van der Waals surface area contributed by atoms with Crippen LogP contribution >= 0.6 is 11.6 Å². The van der Waals surface area contributed by atoms with Gasteiger partial charge in [-0.05, 0) is 55.5 Å². The van der Waals surface area contributed by atoms with Crippen LogP contribution in [0.5, 0.6) is 17.5 Å². The van der Waals surface area contributed by atoms with Crippen molar-refractivity contribution in [3.63, 3.8) is 0 Å². The molecule has 43 heavy (non-hydrogen) atoms. The number of amides is 2. The predicted octanol–water partition coefficient (Wildman–Crippen LogP) is 5.63. The van der Waals surface area contributed by atoms with Crippen LogP contribution in [0.15, 0.2) is 48.5 Å². The van der Waals surface area contributed by atoms with E-state index in [0.717, 1.165) is 37.0 Å². The molecule has 1 atom stereocenters. The lowest BCUT2D eigenvalue weighted by molar-refractivity contribution is -0.274. The molecule has 0 spiro atoms. The lowest BCUT2D eigenvalue weighted by atomic mass is 10.2. The standard InChI is InChI=1S/C29H30ClF3N4O6/c1-35-23(38)18-36(13-5-15-41-24-8-2-3-14-40-24)27(39)25-26(35)34-28(37(25)17-19-9-11-20(30)12-10-19)42-21-6-4-7-22(16-21)43-29(31,32)33/h4,6-7,9-12,16,24H,2-3,5,8,13-15,17-18H2,1H3. The smallest absolute Gasteiger partial charge is 0.425 e. The van der Waals surface area contributed by atoms with Gasteiger partial charge in [-0.2, -0.15) is 4.98 Å². The number of alkyl halides is 3. The van der Waals surface area contributed by atoms with E-state index in [1.807, 2.05) is 0 Å². The van der Waals surface area contributed by atoms with Gasteiger partial charge in [0.2, 0.25) is 5.91 Å². The fraction of sp³-hybridized carbons (Fsp3) is 0.414. The Bertz CT molecular complexity index is 1440. The molecule has 1 fully saturated rings. The number of hydrogen-bond acceptors (Lipinski definition) is 7. The highest BCUT2D eigenvalue weighted by Gasteiger charge is 2.36. The van der Waals surface area contributed by atoms with E-state index in [2.05, 4.69) is 9.72 Å². The summed E-state index contributed by atoms with van der Waals surface area (Å²) >= 11 is 6.06. The Labute approximate surface area is 250 Å². The quantitative estimate of drug-likeness (QED) is 0.271. The van der Waals surface area contributed by atoms with Gasteiger partial charge in [0.05, 0.1) is 13.2 Å². The van der Waals surface area contributed by atoms with Crippen LogP contribution in [0.25, 0.3) is 0 Å². The van der Waals surface area contributed by atoms with Gasteiger partial charge in [-0.15, -0.1) is 13.2 Å². The third-order valence-electron chi connectivity index (χ3n) is 6.94. The van der Waals surface area contributed by atoms with Crippen LogP contribution in [0, 0.1) is 0 Å². The van der Waals surface area contributed by atoms with Gasteiger partial charge in [0.25, 0.3) is 5.91 Å². The number of rotatable bonds is 10. The highest BCUT2D eigenvalue weighted by atomic mass is 35.5. The fourth-order valence-corrected chi connectivity index (χ4v) is 4.93. The SMILES string of the molecule is CN1C(=O)CN(CCCOC2CCCCO2)C(=O)c2c1nc(Oc1cccc(OC(F)(F)F)c1)n2Cc1ccc(Cl)cc1. The maximum absolute atomic E-state index is 14.0. The van der Waals surface area contributed by atoms with Crippen molar-refractivity contribution in [3.05, 3.63) is 64.8 Å². The number of carbonyl (C=O) groups is 2. The summed E-state index contributed by atoms with van der Waals surface area (Å²) < 4.78 is 61.2. The van der Waals surface area contributed by atoms with Crippen LogP contribution in [-0.2, 0) is 20.8 Å². The molecule has 0 radical (unpaired) electrons. The zero-order valence-electron chi connectivity index (χ0n) is 23.3. The summed E-state index contributed by atoms with van der Waals surface area (Å²) in [6.07, 6.45) is -1.85. The molecule has 3 heterocycles. The van der Waals surface area contributed by atoms with Crippen molar-refractivity contribution in [1.29, 1.82) is 0 Å². The van der Waals surface area contributed by atoms with Gasteiger partial charge in [-0.25, -0.2) is 0 Å². The molecule has 0 N–H and O–H groups in total. The van der Waals surface area contributed by atoms with Crippen LogP contribution in [0.4, 0.5) is 19.0 Å². The molecule has 2 amide bonds. The van der Waals surface area contributed by atoms with Crippen molar-refractivity contribution < 1.29 is 41.7 Å². The van der Waals surface area contributed by atoms with Crippen LogP contribution < -0.4 is 14.4 Å². The largest absolute Gasteiger partial charge is 0.573 e. The molecule has 0 bridgehead atoms. The van der Waals surface area contributed by atoms with Crippen molar-refractivity contribution in [2.75, 3.05) is 38.3 Å². The minimum absolute atomic E-state index is 0.0142. The molecule has 1 saturated heterocycles. The number of aromatic nitrogens is 2. The van der Waals surface area contributed by atoms with Gasteiger partial charge in [0.1, 0.15) is 18.0 Å². The van der Waals surface area contributed by atoms with Crippen molar-refractivity contribution in [1.82, 2.24) is 14.5 Å². The van der Waals surface area contributed by atoms with E-state index >= 15 is 0 Å². The van der Waals surface area contributed by atoms with E-state index in [-0.39, 0.29) is 55.1 Å². The lowest BCUT2D eigenvalue weighted by Gasteiger charge is -2.24. The summed E-state index contributed by atoms with van der Waals surface area (Å²) in [5, 5.41) is 0.514. The third kappa shape index (κ3) is 7.78. The Kier molecular flexibility index (Phi) is 9.43. The number of nitrogens with zero attached hydrogens (tertiary/aromatic N) is 4. The second-order valence-electron chi connectivity index (χ2n) is 10.1. The highest BCUT2D eigenvalue weighted by Crippen LogP contribution is 2.34. The first-order valence-corrected chi connectivity index (χ1v) is 14.1. The molecule has 3 aromatic rings. The summed E-state index contributed by atoms with van der Waals surface area (Å²) in [5.41, 5.74) is 0.833. The van der Waals surface area contributed by atoms with Crippen LogP contribution in [0.2, 0.25) is 5.02 Å². The summed E-state index contributed by atoms with van der Waals surface area (Å²) in [6.45, 7) is 1.17. The van der Waals surface area contributed by atoms with Gasteiger partial charge in [0, 0.05) is 31.3 Å². The molecule has 2 aliphatic heterocycles. The van der Waals surface area contributed by atoms with Gasteiger partial charge in [-0.3, -0.25) is 19.1 Å². The number of likely N-dealkylation sites (N-methyl/N-ethyl adjacent to an activating group) is 1. The number of fused-ring (bicyclic) bond motifs is 1. The number of ether oxygens (including phenoxy) is 4. The maximum atomic E-state index is 14.0. The van der Waals surface area contributed by atoms with Crippen molar-refractivity contribution in [2.24, 2.45) is 0 Å². The Hall–Kier alpha value is -3.81. The van der Waals surface area contributed by atoms with E-state index in [1.165, 1.54) is 33.5 Å². The molecule has 2 aliphatic rings. The zero-order valence-corrected chi connectivity index (χ0v) is 24.1. The molecule has 14 heteroatoms. The average molecular weight is 623 g/mol. The van der Waals surface area contributed by atoms with Crippen molar-refractivity contribution in [3.8, 4) is 17.5 Å². The topological polar surface area (TPSA) is 95.4 Å². The molecule has 5 rings (SSSR count). The summed E-state index contributed by atoms with van der Waals surface area (Å²) in [7, 11) is 1.50. The zero-order chi connectivity index (χ0) is 30.6. The number of benzene rings is 2. The molecule has 1 aromatic heterocycles. The number of anilines is 1. The normalized spacial score (nSPS) is 17.6. The molecule has 10 nitrogen and oxygen atoms in total. The van der Waals surface area contributed by atoms with Crippen molar-refractivity contribution in [2.45, 2.75) is 44.9 Å². The van der Waals surface area contributed by atoms with E-state index < -0.39 is 18.0 Å². The van der Waals surface area contributed by atoms with E-state index in [0.29, 0.717) is 24.7 Å². The Morgan fingerprint density at radius 2 is 1.86 bits per heavy atom. The third-order valence-corrected chi connectivity index (χ3v) is 7.19. The molecular weight excluding hydrogens is 593 g/mol. The van der Waals surface area contributed by atoms with Crippen LogP contribution in [0.1, 0.15) is 41.7 Å². The van der Waals surface area contributed by atoms with Crippen LogP contribution in [-0.4, -0.2) is 72.3 Å². The van der Waals surface area contributed by atoms with E-state index in [9.17, 15) is 22.8 Å². The fourth-order valence-electron chi connectivity index (χ4n) is 4.80. The minimum Gasteiger partial charge on any atom is -0.425 e. The van der Waals surface area contributed by atoms with Gasteiger partial charge in [0.15, 0.2) is 17.8 Å². The second kappa shape index (κ2) is 13.2. The van der Waals surface area contributed by atoms with Gasteiger partial charge in [-0.1, -0.05) is 29.8 Å². The predicted molar refractivity (Wildman–Crippen MR) is 149 cm³/mol. The summed E-state index contributed by atoms with van der Waals surface area (Å²) in [4.78, 5) is 34.2. The summed E-state index contributed by atoms with van der Waals surface area (Å²) in [5.74, 6) is -1.26. The maximum Gasteiger partial charge on any atom is 0.573 e. The van der Waals surface area contributed by atoms with E-state index in [4.69, 9.17) is 25.8 Å². The monoisotopic (exact) mass is 622 g/mol. The van der Waals surface area contributed by atoms with Crippen LogP contribution in [0.3, 0.4) is 0 Å². The van der Waals surface area contributed by atoms with E-state index in [1.54, 1.807) is 24.3 Å². The Balaban J connectivity index is 1.44. The molecule has 230 valence electrons. The molecule has 1 unspecified atom stereocenters. The number of hydrogen-bond donors (Lipinski definition) is 0. The molecule has 0 aliphatic carbocycles. The average Bonchev–Trinajstić information content (AvgIpc) is 3.28. The van der Waals surface area contributed by atoms with Gasteiger partial charge >= 0.3 is 12.4 Å². The lowest BCUT2D eigenvalue weighted by Crippen LogP contribution is -2.39. The highest BCUT2D eigenvalue weighted by molar-refractivity contribution is 6.30. The van der Waals surface area contributed by atoms with Crippen molar-refractivity contribution >= 4 is 29.2 Å². The first-order valence-electron chi connectivity index (χ1n) is 13.7. The Morgan fingerprint density at radius 1 is 1.09 bits per heavy atom. The minimum atomic E-state index is -4.89.